The van der Waals surface area contributed by atoms with Crippen LogP contribution in [0.3, 0.4) is 0 Å². The second kappa shape index (κ2) is 7.28. The predicted molar refractivity (Wildman–Crippen MR) is 93.4 cm³/mol. The maximum Gasteiger partial charge on any atom is 0.416 e. The van der Waals surface area contributed by atoms with E-state index < -0.39 is 17.6 Å². The van der Waals surface area contributed by atoms with Gasteiger partial charge in [-0.2, -0.15) is 13.2 Å². The Balaban J connectivity index is 1.75. The minimum atomic E-state index is -4.60. The molecule has 1 aliphatic heterocycles. The van der Waals surface area contributed by atoms with Gasteiger partial charge in [-0.25, -0.2) is 0 Å². The van der Waals surface area contributed by atoms with Crippen LogP contribution in [0.1, 0.15) is 15.9 Å². The molecule has 0 unspecified atom stereocenters. The molecule has 1 aliphatic rings. The molecular weight excluding hydrogens is 363 g/mol. The molecule has 2 amide bonds. The Morgan fingerprint density at radius 3 is 2.48 bits per heavy atom. The first-order valence-corrected chi connectivity index (χ1v) is 8.01. The van der Waals surface area contributed by atoms with Crippen LogP contribution in [0.2, 0.25) is 0 Å². The predicted octanol–water partition coefficient (Wildman–Crippen LogP) is 2.90. The van der Waals surface area contributed by atoms with Crippen LogP contribution in [0.25, 0.3) is 0 Å². The van der Waals surface area contributed by atoms with Crippen molar-refractivity contribution in [3.05, 3.63) is 53.6 Å². The molecular formula is C18H16F3N3O3. The van der Waals surface area contributed by atoms with Crippen molar-refractivity contribution in [1.82, 2.24) is 0 Å². The molecule has 0 bridgehead atoms. The average molecular weight is 379 g/mol. The lowest BCUT2D eigenvalue weighted by atomic mass is 10.1. The van der Waals surface area contributed by atoms with Crippen molar-refractivity contribution in [2.75, 3.05) is 35.7 Å². The van der Waals surface area contributed by atoms with Gasteiger partial charge in [0.2, 0.25) is 0 Å². The SMILES string of the molecule is Nc1cc(C(=O)Nc2ccc(N3CCOCC3=O)cc2)cc(C(F)(F)F)c1. The molecule has 0 atom stereocenters. The van der Waals surface area contributed by atoms with Crippen molar-refractivity contribution in [3.8, 4) is 0 Å². The largest absolute Gasteiger partial charge is 0.416 e. The second-order valence-electron chi connectivity index (χ2n) is 5.94. The molecule has 3 rings (SSSR count). The van der Waals surface area contributed by atoms with Gasteiger partial charge in [0.25, 0.3) is 11.8 Å². The van der Waals surface area contributed by atoms with Gasteiger partial charge >= 0.3 is 6.18 Å². The topological polar surface area (TPSA) is 84.7 Å². The number of morpholine rings is 1. The third kappa shape index (κ3) is 4.37. The zero-order valence-electron chi connectivity index (χ0n) is 14.0. The summed E-state index contributed by atoms with van der Waals surface area (Å²) in [5, 5.41) is 2.52. The summed E-state index contributed by atoms with van der Waals surface area (Å²) < 4.78 is 43.7. The number of ether oxygens (including phenoxy) is 1. The summed E-state index contributed by atoms with van der Waals surface area (Å²) in [5.74, 6) is -0.888. The molecule has 1 fully saturated rings. The Kier molecular flexibility index (Phi) is 5.04. The fourth-order valence-corrected chi connectivity index (χ4v) is 2.67. The molecule has 2 aromatic rings. The summed E-state index contributed by atoms with van der Waals surface area (Å²) in [6, 6.07) is 9.08. The first kappa shape index (κ1) is 18.7. The minimum absolute atomic E-state index is 0.00938. The summed E-state index contributed by atoms with van der Waals surface area (Å²) in [6.45, 7) is 0.866. The number of nitrogens with one attached hydrogen (secondary N) is 1. The van der Waals surface area contributed by atoms with Crippen LogP contribution in [0.4, 0.5) is 30.2 Å². The summed E-state index contributed by atoms with van der Waals surface area (Å²) in [6.07, 6.45) is -4.60. The number of nitrogens with two attached hydrogens (primary N) is 1. The van der Waals surface area contributed by atoms with E-state index in [1.165, 1.54) is 6.07 Å². The quantitative estimate of drug-likeness (QED) is 0.803. The maximum atomic E-state index is 12.9. The van der Waals surface area contributed by atoms with E-state index in [9.17, 15) is 22.8 Å². The van der Waals surface area contributed by atoms with Gasteiger partial charge < -0.3 is 20.7 Å². The maximum absolute atomic E-state index is 12.9. The van der Waals surface area contributed by atoms with Crippen molar-refractivity contribution in [3.63, 3.8) is 0 Å². The van der Waals surface area contributed by atoms with Crippen LogP contribution in [0.5, 0.6) is 0 Å². The molecule has 0 aliphatic carbocycles. The third-order valence-electron chi connectivity index (χ3n) is 3.97. The van der Waals surface area contributed by atoms with Gasteiger partial charge in [0.05, 0.1) is 12.2 Å². The van der Waals surface area contributed by atoms with E-state index in [-0.39, 0.29) is 23.8 Å². The second-order valence-corrected chi connectivity index (χ2v) is 5.94. The van der Waals surface area contributed by atoms with E-state index in [1.54, 1.807) is 29.2 Å². The van der Waals surface area contributed by atoms with E-state index in [2.05, 4.69) is 5.32 Å². The molecule has 9 heteroatoms. The zero-order valence-corrected chi connectivity index (χ0v) is 14.0. The summed E-state index contributed by atoms with van der Waals surface area (Å²) >= 11 is 0. The van der Waals surface area contributed by atoms with Gasteiger partial charge in [0.1, 0.15) is 6.61 Å². The zero-order chi connectivity index (χ0) is 19.6. The first-order valence-electron chi connectivity index (χ1n) is 8.01. The van der Waals surface area contributed by atoms with Gasteiger partial charge in [-0.1, -0.05) is 0 Å². The Bertz CT molecular complexity index is 866. The number of alkyl halides is 3. The van der Waals surface area contributed by atoms with Gasteiger partial charge in [-0.05, 0) is 42.5 Å². The van der Waals surface area contributed by atoms with E-state index in [0.29, 0.717) is 24.5 Å². The van der Waals surface area contributed by atoms with Gasteiger partial charge in [-0.15, -0.1) is 0 Å². The normalized spacial score (nSPS) is 14.9. The number of carbonyl (C=O) groups is 2. The minimum Gasteiger partial charge on any atom is -0.399 e. The van der Waals surface area contributed by atoms with Crippen LogP contribution in [0, 0.1) is 0 Å². The molecule has 0 aromatic heterocycles. The fraction of sp³-hybridized carbons (Fsp3) is 0.222. The molecule has 0 radical (unpaired) electrons. The van der Waals surface area contributed by atoms with Crippen LogP contribution in [0.15, 0.2) is 42.5 Å². The molecule has 6 nitrogen and oxygen atoms in total. The highest BCUT2D eigenvalue weighted by atomic mass is 19.4. The van der Waals surface area contributed by atoms with E-state index >= 15 is 0 Å². The Hall–Kier alpha value is -3.07. The van der Waals surface area contributed by atoms with E-state index in [0.717, 1.165) is 12.1 Å². The molecule has 1 heterocycles. The van der Waals surface area contributed by atoms with Crippen molar-refractivity contribution in [2.45, 2.75) is 6.18 Å². The standard InChI is InChI=1S/C18H16F3N3O3/c19-18(20,21)12-7-11(8-13(22)9-12)17(26)23-14-1-3-15(4-2-14)24-5-6-27-10-16(24)25/h1-4,7-9H,5-6,10,22H2,(H,23,26). The van der Waals surface area contributed by atoms with Crippen LogP contribution < -0.4 is 16.0 Å². The Morgan fingerprint density at radius 1 is 1.15 bits per heavy atom. The van der Waals surface area contributed by atoms with E-state index in [1.807, 2.05) is 0 Å². The highest BCUT2D eigenvalue weighted by Gasteiger charge is 2.31. The molecule has 2 aromatic carbocycles. The number of hydrogen-bond acceptors (Lipinski definition) is 4. The number of benzene rings is 2. The molecule has 0 saturated carbocycles. The lowest BCUT2D eigenvalue weighted by Crippen LogP contribution is -2.41. The van der Waals surface area contributed by atoms with Gasteiger partial charge in [0, 0.05) is 29.2 Å². The fourth-order valence-electron chi connectivity index (χ4n) is 2.67. The van der Waals surface area contributed by atoms with Crippen LogP contribution in [-0.4, -0.2) is 31.6 Å². The van der Waals surface area contributed by atoms with Crippen LogP contribution >= 0.6 is 0 Å². The molecule has 3 N–H and O–H groups in total. The lowest BCUT2D eigenvalue weighted by molar-refractivity contribution is -0.137. The Labute approximate surface area is 152 Å². The van der Waals surface area contributed by atoms with Gasteiger partial charge in [0.15, 0.2) is 0 Å². The number of nitrogen functional groups attached to an aromatic ring is 1. The first-order chi connectivity index (χ1) is 12.7. The molecule has 1 saturated heterocycles. The summed E-state index contributed by atoms with van der Waals surface area (Å²) in [4.78, 5) is 25.6. The number of rotatable bonds is 3. The van der Waals surface area contributed by atoms with E-state index in [4.69, 9.17) is 10.5 Å². The lowest BCUT2D eigenvalue weighted by Gasteiger charge is -2.26. The van der Waals surface area contributed by atoms with Crippen molar-refractivity contribution in [2.24, 2.45) is 0 Å². The summed E-state index contributed by atoms with van der Waals surface area (Å²) in [7, 11) is 0. The van der Waals surface area contributed by atoms with Crippen molar-refractivity contribution in [1.29, 1.82) is 0 Å². The number of anilines is 3. The van der Waals surface area contributed by atoms with Crippen molar-refractivity contribution >= 4 is 28.9 Å². The number of nitrogens with zero attached hydrogens (tertiary/aromatic N) is 1. The smallest absolute Gasteiger partial charge is 0.399 e. The Morgan fingerprint density at radius 2 is 1.85 bits per heavy atom. The number of hydrogen-bond donors (Lipinski definition) is 2. The number of amides is 2. The average Bonchev–Trinajstić information content (AvgIpc) is 2.62. The van der Waals surface area contributed by atoms with Crippen molar-refractivity contribution < 1.29 is 27.5 Å². The van der Waals surface area contributed by atoms with Gasteiger partial charge in [-0.3, -0.25) is 9.59 Å². The highest BCUT2D eigenvalue weighted by Crippen LogP contribution is 2.31. The molecule has 142 valence electrons. The monoisotopic (exact) mass is 379 g/mol. The highest BCUT2D eigenvalue weighted by molar-refractivity contribution is 6.05. The molecule has 0 spiro atoms. The molecule has 27 heavy (non-hydrogen) atoms. The summed E-state index contributed by atoms with van der Waals surface area (Å²) in [5.41, 5.74) is 5.15. The third-order valence-corrected chi connectivity index (χ3v) is 3.97. The number of halogens is 3. The number of carbonyl (C=O) groups excluding carboxylic acids is 2. The van der Waals surface area contributed by atoms with Crippen LogP contribution in [-0.2, 0) is 15.7 Å².